The van der Waals surface area contributed by atoms with Gasteiger partial charge in [-0.3, -0.25) is 14.6 Å². The van der Waals surface area contributed by atoms with Crippen LogP contribution in [0.1, 0.15) is 12.0 Å². The van der Waals surface area contributed by atoms with Crippen LogP contribution in [0, 0.1) is 24.2 Å². The number of hydrogen-bond donors (Lipinski definition) is 1. The molecule has 9 nitrogen and oxygen atoms in total. The lowest BCUT2D eigenvalue weighted by atomic mass is 10.2. The van der Waals surface area contributed by atoms with Crippen molar-refractivity contribution in [3.63, 3.8) is 0 Å². The van der Waals surface area contributed by atoms with Crippen molar-refractivity contribution in [2.24, 2.45) is 4.99 Å². The molecular weight excluding hydrogens is 436 g/mol. The van der Waals surface area contributed by atoms with Crippen LogP contribution in [-0.2, 0) is 14.3 Å². The van der Waals surface area contributed by atoms with Crippen molar-refractivity contribution < 1.29 is 23.8 Å². The Morgan fingerprint density at radius 3 is 2.44 bits per heavy atom. The number of methoxy groups -OCH3 is 3. The third-order valence-corrected chi connectivity index (χ3v) is 4.31. The largest absolute Gasteiger partial charge is 0.493 e. The molecule has 1 aromatic carbocycles. The molecule has 0 fully saturated rings. The van der Waals surface area contributed by atoms with E-state index in [4.69, 9.17) is 20.6 Å². The van der Waals surface area contributed by atoms with E-state index < -0.39 is 0 Å². The van der Waals surface area contributed by atoms with Crippen LogP contribution in [0.25, 0.3) is 0 Å². The van der Waals surface area contributed by atoms with Crippen molar-refractivity contribution in [1.29, 1.82) is 0 Å². The second-order valence-electron chi connectivity index (χ2n) is 6.66. The van der Waals surface area contributed by atoms with Crippen LogP contribution in [0.3, 0.4) is 0 Å². The molecular formula is C25H34N4O5. The summed E-state index contributed by atoms with van der Waals surface area (Å²) in [5.74, 6) is 9.66. The first-order valence-electron chi connectivity index (χ1n) is 10.3. The summed E-state index contributed by atoms with van der Waals surface area (Å²) >= 11 is 0. The summed E-state index contributed by atoms with van der Waals surface area (Å²) in [6.07, 6.45) is 6.81. The van der Waals surface area contributed by atoms with Gasteiger partial charge in [-0.15, -0.1) is 6.42 Å². The maximum absolute atomic E-state index is 12.3. The highest BCUT2D eigenvalue weighted by Gasteiger charge is 2.18. The number of hydrogen-bond acceptors (Lipinski definition) is 6. The molecule has 34 heavy (non-hydrogen) atoms. The van der Waals surface area contributed by atoms with E-state index in [0.717, 1.165) is 12.0 Å². The second kappa shape index (κ2) is 17.6. The van der Waals surface area contributed by atoms with E-state index >= 15 is 0 Å². The van der Waals surface area contributed by atoms with E-state index in [2.05, 4.69) is 34.6 Å². The summed E-state index contributed by atoms with van der Waals surface area (Å²) in [7, 11) is 9.65. The maximum atomic E-state index is 12.3. The van der Waals surface area contributed by atoms with Crippen LogP contribution in [0.2, 0.25) is 0 Å². The standard InChI is InChI=1S/C20H23N3O3.C5H11NO2/c1-8-13-22(4)20(24)15(2)23(5)19(21-3)12-10-16-9-11-17(25-6)18(14-16)26-7;1-8-4-2-3-6-5-7/h1,9,11,14H,2,13H2,3-7H3;5H,2-4H2,1H3,(H,6,7). The molecule has 0 aliphatic carbocycles. The minimum absolute atomic E-state index is 0.196. The van der Waals surface area contributed by atoms with Crippen LogP contribution < -0.4 is 14.8 Å². The Bertz CT molecular complexity index is 941. The van der Waals surface area contributed by atoms with Gasteiger partial charge in [0, 0.05) is 47.0 Å². The van der Waals surface area contributed by atoms with Gasteiger partial charge in [0.05, 0.1) is 20.8 Å². The molecule has 0 saturated heterocycles. The molecule has 0 aromatic heterocycles. The maximum Gasteiger partial charge on any atom is 0.270 e. The molecule has 0 aliphatic heterocycles. The van der Waals surface area contributed by atoms with Gasteiger partial charge in [-0.2, -0.15) is 0 Å². The van der Waals surface area contributed by atoms with Crippen molar-refractivity contribution in [3.05, 3.63) is 36.0 Å². The van der Waals surface area contributed by atoms with Crippen molar-refractivity contribution in [1.82, 2.24) is 15.1 Å². The molecule has 0 atom stereocenters. The quantitative estimate of drug-likeness (QED) is 0.139. The smallest absolute Gasteiger partial charge is 0.270 e. The zero-order valence-corrected chi connectivity index (χ0v) is 20.8. The average molecular weight is 471 g/mol. The molecule has 0 unspecified atom stereocenters. The SMILES string of the molecule is C#CCN(C)C(=O)C(=C)N(C)C(C#Cc1ccc(OC)c(OC)c1)=NC.COCCCNC=O. The number of carbonyl (C=O) groups excluding carboxylic acids is 2. The van der Waals surface area contributed by atoms with Gasteiger partial charge >= 0.3 is 0 Å². The lowest BCUT2D eigenvalue weighted by molar-refractivity contribution is -0.126. The fourth-order valence-electron chi connectivity index (χ4n) is 2.41. The van der Waals surface area contributed by atoms with Crippen LogP contribution in [0.4, 0.5) is 0 Å². The summed E-state index contributed by atoms with van der Waals surface area (Å²) in [6.45, 7) is 5.42. The monoisotopic (exact) mass is 470 g/mol. The Morgan fingerprint density at radius 2 is 1.91 bits per heavy atom. The number of ether oxygens (including phenoxy) is 3. The summed E-state index contributed by atoms with van der Waals surface area (Å²) < 4.78 is 15.2. The first kappa shape index (κ1) is 30.0. The van der Waals surface area contributed by atoms with Crippen molar-refractivity contribution >= 4 is 18.2 Å². The topological polar surface area (TPSA) is 92.7 Å². The molecule has 2 amide bonds. The number of amides is 2. The number of carbonyl (C=O) groups is 2. The molecule has 0 spiro atoms. The minimum Gasteiger partial charge on any atom is -0.493 e. The fourth-order valence-corrected chi connectivity index (χ4v) is 2.41. The summed E-state index contributed by atoms with van der Waals surface area (Å²) in [4.78, 5) is 29.0. The van der Waals surface area contributed by atoms with Crippen LogP contribution >= 0.6 is 0 Å². The van der Waals surface area contributed by atoms with E-state index in [1.807, 2.05) is 6.07 Å². The highest BCUT2D eigenvalue weighted by Crippen LogP contribution is 2.27. The number of nitrogens with one attached hydrogen (secondary N) is 1. The predicted molar refractivity (Wildman–Crippen MR) is 134 cm³/mol. The number of likely N-dealkylation sites (N-methyl/N-ethyl adjacent to an activating group) is 2. The van der Waals surface area contributed by atoms with Crippen LogP contribution in [0.15, 0.2) is 35.5 Å². The molecule has 0 heterocycles. The Labute approximate surface area is 202 Å². The highest BCUT2D eigenvalue weighted by atomic mass is 16.5. The van der Waals surface area contributed by atoms with Gasteiger partial charge in [0.2, 0.25) is 6.41 Å². The average Bonchev–Trinajstić information content (AvgIpc) is 2.86. The summed E-state index contributed by atoms with van der Waals surface area (Å²) in [6, 6.07) is 5.34. The molecule has 9 heteroatoms. The van der Waals surface area contributed by atoms with E-state index in [9.17, 15) is 9.59 Å². The number of nitrogens with zero attached hydrogens (tertiary/aromatic N) is 3. The van der Waals surface area contributed by atoms with Crippen molar-refractivity contribution in [2.45, 2.75) is 6.42 Å². The van der Waals surface area contributed by atoms with E-state index in [-0.39, 0.29) is 18.1 Å². The summed E-state index contributed by atoms with van der Waals surface area (Å²) in [5, 5.41) is 2.52. The van der Waals surface area contributed by atoms with Crippen LogP contribution in [0.5, 0.6) is 11.5 Å². The minimum atomic E-state index is -0.292. The number of terminal acetylenes is 1. The second-order valence-corrected chi connectivity index (χ2v) is 6.66. The van der Waals surface area contributed by atoms with Gasteiger partial charge in [-0.05, 0) is 30.5 Å². The molecule has 184 valence electrons. The Balaban J connectivity index is 0.00000116. The molecule has 1 aromatic rings. The predicted octanol–water partition coefficient (Wildman–Crippen LogP) is 1.39. The lowest BCUT2D eigenvalue weighted by Gasteiger charge is -2.23. The van der Waals surface area contributed by atoms with Crippen molar-refractivity contribution in [2.75, 3.05) is 62.2 Å². The van der Waals surface area contributed by atoms with Gasteiger partial charge in [-0.25, -0.2) is 0 Å². The first-order valence-corrected chi connectivity index (χ1v) is 10.3. The number of aliphatic imine (C=N–C) groups is 1. The van der Waals surface area contributed by atoms with Gasteiger partial charge in [-0.1, -0.05) is 18.4 Å². The van der Waals surface area contributed by atoms with Crippen molar-refractivity contribution in [3.8, 4) is 35.7 Å². The molecule has 0 bridgehead atoms. The van der Waals surface area contributed by atoms with Crippen LogP contribution in [-0.4, -0.2) is 90.1 Å². The van der Waals surface area contributed by atoms with Gasteiger partial charge in [0.15, 0.2) is 17.3 Å². The molecule has 1 rings (SSSR count). The molecule has 0 radical (unpaired) electrons. The van der Waals surface area contributed by atoms with Gasteiger partial charge < -0.3 is 29.3 Å². The van der Waals surface area contributed by atoms with E-state index in [1.165, 1.54) is 9.80 Å². The number of amidine groups is 1. The lowest BCUT2D eigenvalue weighted by Crippen LogP contribution is -2.36. The third-order valence-electron chi connectivity index (χ3n) is 4.31. The Morgan fingerprint density at radius 1 is 1.24 bits per heavy atom. The van der Waals surface area contributed by atoms with Gasteiger partial charge in [0.25, 0.3) is 5.91 Å². The molecule has 0 saturated carbocycles. The Hall–Kier alpha value is -3.95. The third kappa shape index (κ3) is 10.6. The fraction of sp³-hybridized carbons (Fsp3) is 0.400. The number of benzene rings is 1. The zero-order chi connectivity index (χ0) is 25.9. The van der Waals surface area contributed by atoms with E-state index in [0.29, 0.717) is 36.9 Å². The Kier molecular flexibility index (Phi) is 15.5. The first-order chi connectivity index (χ1) is 16.3. The normalized spacial score (nSPS) is 9.74. The highest BCUT2D eigenvalue weighted by molar-refractivity contribution is 6.05. The number of rotatable bonds is 10. The molecule has 1 N–H and O–H groups in total. The summed E-state index contributed by atoms with van der Waals surface area (Å²) in [5.41, 5.74) is 0.948. The zero-order valence-electron chi connectivity index (χ0n) is 20.8. The molecule has 0 aliphatic rings. The van der Waals surface area contributed by atoms with Gasteiger partial charge in [0.1, 0.15) is 5.70 Å². The van der Waals surface area contributed by atoms with E-state index in [1.54, 1.807) is 54.6 Å².